The number of nitrogens with zero attached hydrogens (tertiary/aromatic N) is 2. The molecule has 1 amide bonds. The number of anilines is 1. The molecule has 4 rings (SSSR count). The summed E-state index contributed by atoms with van der Waals surface area (Å²) in [4.78, 5) is 21.1. The SMILES string of the molecule is O=C(Nc1cccc(Cc2ccccc2)c1)c1cccc(CSc2cnccn2)c1. The molecule has 0 saturated carbocycles. The van der Waals surface area contributed by atoms with Crippen LogP contribution in [0.4, 0.5) is 5.69 Å². The molecule has 1 heterocycles. The molecular formula is C25H21N3OS. The highest BCUT2D eigenvalue weighted by molar-refractivity contribution is 7.98. The summed E-state index contributed by atoms with van der Waals surface area (Å²) in [6.45, 7) is 0. The minimum Gasteiger partial charge on any atom is -0.322 e. The molecule has 0 saturated heterocycles. The monoisotopic (exact) mass is 411 g/mol. The zero-order chi connectivity index (χ0) is 20.6. The first kappa shape index (κ1) is 19.9. The molecule has 3 aromatic carbocycles. The fraction of sp³-hybridized carbons (Fsp3) is 0.0800. The van der Waals surface area contributed by atoms with Crippen molar-refractivity contribution in [3.8, 4) is 0 Å². The summed E-state index contributed by atoms with van der Waals surface area (Å²) in [6, 6.07) is 26.0. The minimum absolute atomic E-state index is 0.113. The Kier molecular flexibility index (Phi) is 6.52. The smallest absolute Gasteiger partial charge is 0.255 e. The van der Waals surface area contributed by atoms with Crippen LogP contribution in [-0.2, 0) is 12.2 Å². The van der Waals surface area contributed by atoms with E-state index < -0.39 is 0 Å². The molecule has 0 aliphatic heterocycles. The molecule has 0 fully saturated rings. The molecule has 1 N–H and O–H groups in total. The lowest BCUT2D eigenvalue weighted by atomic mass is 10.0. The van der Waals surface area contributed by atoms with Crippen LogP contribution in [0.5, 0.6) is 0 Å². The first-order valence-electron chi connectivity index (χ1n) is 9.68. The summed E-state index contributed by atoms with van der Waals surface area (Å²) < 4.78 is 0. The van der Waals surface area contributed by atoms with Gasteiger partial charge in [-0.05, 0) is 47.4 Å². The zero-order valence-electron chi connectivity index (χ0n) is 16.4. The molecule has 4 nitrogen and oxygen atoms in total. The third-order valence-electron chi connectivity index (χ3n) is 4.55. The number of carbonyl (C=O) groups is 1. The second-order valence-corrected chi connectivity index (χ2v) is 7.85. The Bertz CT molecular complexity index is 1120. The fourth-order valence-corrected chi connectivity index (χ4v) is 3.88. The van der Waals surface area contributed by atoms with Crippen molar-refractivity contribution >= 4 is 23.4 Å². The topological polar surface area (TPSA) is 54.9 Å². The Labute approximate surface area is 180 Å². The Morgan fingerprint density at radius 3 is 2.47 bits per heavy atom. The predicted octanol–water partition coefficient (Wildman–Crippen LogP) is 5.61. The average molecular weight is 412 g/mol. The lowest BCUT2D eigenvalue weighted by Crippen LogP contribution is -2.12. The number of nitrogens with one attached hydrogen (secondary N) is 1. The van der Waals surface area contributed by atoms with Crippen molar-refractivity contribution in [3.05, 3.63) is 120 Å². The van der Waals surface area contributed by atoms with E-state index in [0.29, 0.717) is 5.56 Å². The van der Waals surface area contributed by atoms with Gasteiger partial charge in [0.2, 0.25) is 0 Å². The summed E-state index contributed by atoms with van der Waals surface area (Å²) in [5.74, 6) is 0.616. The first-order chi connectivity index (χ1) is 14.8. The van der Waals surface area contributed by atoms with E-state index in [9.17, 15) is 4.79 Å². The number of carbonyl (C=O) groups excluding carboxylic acids is 1. The molecular weight excluding hydrogens is 390 g/mol. The van der Waals surface area contributed by atoms with Gasteiger partial charge in [-0.2, -0.15) is 0 Å². The van der Waals surface area contributed by atoms with Gasteiger partial charge in [0.25, 0.3) is 5.91 Å². The van der Waals surface area contributed by atoms with Crippen molar-refractivity contribution in [1.82, 2.24) is 9.97 Å². The molecule has 4 aromatic rings. The van der Waals surface area contributed by atoms with E-state index >= 15 is 0 Å². The Morgan fingerprint density at radius 2 is 1.63 bits per heavy atom. The maximum absolute atomic E-state index is 12.8. The van der Waals surface area contributed by atoms with Crippen LogP contribution >= 0.6 is 11.8 Å². The van der Waals surface area contributed by atoms with E-state index in [0.717, 1.165) is 34.0 Å². The lowest BCUT2D eigenvalue weighted by molar-refractivity contribution is 0.102. The van der Waals surface area contributed by atoms with Crippen molar-refractivity contribution in [2.75, 3.05) is 5.32 Å². The number of aromatic nitrogens is 2. The maximum Gasteiger partial charge on any atom is 0.255 e. The molecule has 0 spiro atoms. The minimum atomic E-state index is -0.113. The van der Waals surface area contributed by atoms with Gasteiger partial charge in [0.15, 0.2) is 0 Å². The molecule has 1 aromatic heterocycles. The van der Waals surface area contributed by atoms with Gasteiger partial charge in [-0.15, -0.1) is 11.8 Å². The molecule has 5 heteroatoms. The summed E-state index contributed by atoms with van der Waals surface area (Å²) in [5.41, 5.74) is 4.91. The van der Waals surface area contributed by atoms with E-state index in [-0.39, 0.29) is 5.91 Å². The largest absolute Gasteiger partial charge is 0.322 e. The first-order valence-corrected chi connectivity index (χ1v) is 10.7. The van der Waals surface area contributed by atoms with Crippen molar-refractivity contribution in [1.29, 1.82) is 0 Å². The summed E-state index contributed by atoms with van der Waals surface area (Å²) in [6.07, 6.45) is 5.91. The van der Waals surface area contributed by atoms with Gasteiger partial charge in [0.05, 0.1) is 6.20 Å². The van der Waals surface area contributed by atoms with E-state index in [4.69, 9.17) is 0 Å². The number of hydrogen-bond donors (Lipinski definition) is 1. The van der Waals surface area contributed by atoms with Crippen LogP contribution in [0.1, 0.15) is 27.0 Å². The quantitative estimate of drug-likeness (QED) is 0.402. The van der Waals surface area contributed by atoms with Gasteiger partial charge in [-0.1, -0.05) is 54.6 Å². The van der Waals surface area contributed by atoms with Gasteiger partial charge in [0.1, 0.15) is 5.03 Å². The molecule has 0 radical (unpaired) electrons. The summed E-state index contributed by atoms with van der Waals surface area (Å²) in [5, 5.41) is 3.88. The lowest BCUT2D eigenvalue weighted by Gasteiger charge is -2.09. The van der Waals surface area contributed by atoms with Crippen LogP contribution in [0.15, 0.2) is 102 Å². The zero-order valence-corrected chi connectivity index (χ0v) is 17.2. The number of amides is 1. The van der Waals surface area contributed by atoms with Crippen molar-refractivity contribution in [3.63, 3.8) is 0 Å². The van der Waals surface area contributed by atoms with Crippen molar-refractivity contribution < 1.29 is 4.79 Å². The molecule has 0 aliphatic rings. The molecule has 148 valence electrons. The standard InChI is InChI=1S/C25H21N3OS/c29-25(22-10-4-9-21(15-22)18-30-24-17-26-12-13-27-24)28-23-11-5-8-20(16-23)14-19-6-2-1-3-7-19/h1-13,15-17H,14,18H2,(H,28,29). The average Bonchev–Trinajstić information content (AvgIpc) is 2.79. The second kappa shape index (κ2) is 9.85. The number of hydrogen-bond acceptors (Lipinski definition) is 4. The van der Waals surface area contributed by atoms with Crippen LogP contribution in [0, 0.1) is 0 Å². The third-order valence-corrected chi connectivity index (χ3v) is 5.54. The Morgan fingerprint density at radius 1 is 0.833 bits per heavy atom. The van der Waals surface area contributed by atoms with Crippen LogP contribution < -0.4 is 5.32 Å². The molecule has 0 bridgehead atoms. The van der Waals surface area contributed by atoms with E-state index in [1.807, 2.05) is 60.7 Å². The Balaban J connectivity index is 1.41. The fourth-order valence-electron chi connectivity index (χ4n) is 3.11. The van der Waals surface area contributed by atoms with Gasteiger partial charge < -0.3 is 5.32 Å². The summed E-state index contributed by atoms with van der Waals surface area (Å²) in [7, 11) is 0. The number of rotatable bonds is 7. The van der Waals surface area contributed by atoms with E-state index in [2.05, 4.69) is 33.5 Å². The molecule has 30 heavy (non-hydrogen) atoms. The van der Waals surface area contributed by atoms with Crippen LogP contribution in [-0.4, -0.2) is 15.9 Å². The number of benzene rings is 3. The van der Waals surface area contributed by atoms with Crippen LogP contribution in [0.2, 0.25) is 0 Å². The van der Waals surface area contributed by atoms with Gasteiger partial charge >= 0.3 is 0 Å². The highest BCUT2D eigenvalue weighted by Gasteiger charge is 2.08. The maximum atomic E-state index is 12.8. The van der Waals surface area contributed by atoms with Crippen molar-refractivity contribution in [2.24, 2.45) is 0 Å². The molecule has 0 atom stereocenters. The molecule has 0 aliphatic carbocycles. The highest BCUT2D eigenvalue weighted by atomic mass is 32.2. The van der Waals surface area contributed by atoms with Gasteiger partial charge in [-0.25, -0.2) is 4.98 Å². The predicted molar refractivity (Wildman–Crippen MR) is 122 cm³/mol. The molecule has 0 unspecified atom stereocenters. The number of thioether (sulfide) groups is 1. The van der Waals surface area contributed by atoms with Crippen molar-refractivity contribution in [2.45, 2.75) is 17.2 Å². The third kappa shape index (κ3) is 5.55. The second-order valence-electron chi connectivity index (χ2n) is 6.85. The normalized spacial score (nSPS) is 10.5. The highest BCUT2D eigenvalue weighted by Crippen LogP contribution is 2.21. The van der Waals surface area contributed by atoms with E-state index in [1.165, 1.54) is 5.56 Å². The van der Waals surface area contributed by atoms with E-state index in [1.54, 1.807) is 30.4 Å². The van der Waals surface area contributed by atoms with Crippen LogP contribution in [0.25, 0.3) is 0 Å². The Hall–Kier alpha value is -3.44. The van der Waals surface area contributed by atoms with Gasteiger partial charge in [0, 0.05) is 29.4 Å². The van der Waals surface area contributed by atoms with Gasteiger partial charge in [-0.3, -0.25) is 9.78 Å². The summed E-state index contributed by atoms with van der Waals surface area (Å²) >= 11 is 1.60. The van der Waals surface area contributed by atoms with Crippen LogP contribution in [0.3, 0.4) is 0 Å².